The molecule has 148 valence electrons. The highest BCUT2D eigenvalue weighted by Gasteiger charge is 2.07. The number of guanidine groups is 1. The number of aliphatic imine (C=N–C) groups is 1. The molecule has 0 amide bonds. The third-order valence-electron chi connectivity index (χ3n) is 4.75. The minimum absolute atomic E-state index is 0.663. The van der Waals surface area contributed by atoms with Crippen LogP contribution in [0.4, 0.5) is 5.69 Å². The van der Waals surface area contributed by atoms with Gasteiger partial charge in [-0.1, -0.05) is 36.4 Å². The van der Waals surface area contributed by atoms with Gasteiger partial charge < -0.3 is 20.3 Å². The molecule has 0 unspecified atom stereocenters. The first kappa shape index (κ1) is 19.8. The highest BCUT2D eigenvalue weighted by molar-refractivity contribution is 5.79. The van der Waals surface area contributed by atoms with Crippen molar-refractivity contribution in [3.05, 3.63) is 71.8 Å². The molecule has 3 rings (SSSR count). The van der Waals surface area contributed by atoms with E-state index in [1.54, 1.807) is 7.11 Å². The summed E-state index contributed by atoms with van der Waals surface area (Å²) < 4.78 is 5.20. The number of anilines is 1. The number of methoxy groups -OCH3 is 1. The first-order valence-electron chi connectivity index (χ1n) is 9.92. The molecule has 1 heterocycles. The average molecular weight is 379 g/mol. The van der Waals surface area contributed by atoms with Gasteiger partial charge in [-0.15, -0.1) is 0 Å². The summed E-state index contributed by atoms with van der Waals surface area (Å²) in [6.45, 7) is 6.42. The molecule has 2 aromatic rings. The number of benzene rings is 2. The minimum Gasteiger partial charge on any atom is -0.497 e. The van der Waals surface area contributed by atoms with Crippen LogP contribution in [0, 0.1) is 0 Å². The summed E-state index contributed by atoms with van der Waals surface area (Å²) >= 11 is 0. The van der Waals surface area contributed by atoms with Crippen LogP contribution in [-0.4, -0.2) is 39.2 Å². The van der Waals surface area contributed by atoms with Gasteiger partial charge in [-0.3, -0.25) is 0 Å². The molecule has 5 heteroatoms. The monoisotopic (exact) mass is 378 g/mol. The van der Waals surface area contributed by atoms with Crippen molar-refractivity contribution in [3.63, 3.8) is 0 Å². The molecule has 0 atom stereocenters. The van der Waals surface area contributed by atoms with Crippen molar-refractivity contribution in [2.24, 2.45) is 4.99 Å². The molecular formula is C23H30N4O. The third kappa shape index (κ3) is 5.78. The van der Waals surface area contributed by atoms with Crippen molar-refractivity contribution < 1.29 is 4.74 Å². The molecule has 1 aliphatic heterocycles. The number of hydrogen-bond acceptors (Lipinski definition) is 3. The van der Waals surface area contributed by atoms with E-state index in [4.69, 9.17) is 9.73 Å². The van der Waals surface area contributed by atoms with Crippen LogP contribution in [0.15, 0.2) is 65.7 Å². The summed E-state index contributed by atoms with van der Waals surface area (Å²) in [5, 5.41) is 6.73. The Labute approximate surface area is 168 Å². The molecule has 0 aliphatic carbocycles. The quantitative estimate of drug-likeness (QED) is 0.420. The number of nitrogens with zero attached hydrogens (tertiary/aromatic N) is 2. The van der Waals surface area contributed by atoms with Gasteiger partial charge in [-0.05, 0) is 48.7 Å². The first-order valence-corrected chi connectivity index (χ1v) is 9.92. The van der Waals surface area contributed by atoms with Crippen molar-refractivity contribution >= 4 is 11.6 Å². The van der Waals surface area contributed by atoms with Gasteiger partial charge in [0.2, 0.25) is 0 Å². The predicted molar refractivity (Wildman–Crippen MR) is 117 cm³/mol. The molecule has 5 nitrogen and oxygen atoms in total. The van der Waals surface area contributed by atoms with E-state index in [0.717, 1.165) is 44.3 Å². The molecule has 0 saturated carbocycles. The molecule has 0 aromatic heterocycles. The third-order valence-corrected chi connectivity index (χ3v) is 4.75. The van der Waals surface area contributed by atoms with Crippen LogP contribution in [0.1, 0.15) is 18.1 Å². The molecule has 0 spiro atoms. The van der Waals surface area contributed by atoms with Crippen LogP contribution in [0.25, 0.3) is 0 Å². The van der Waals surface area contributed by atoms with Gasteiger partial charge in [-0.2, -0.15) is 0 Å². The predicted octanol–water partition coefficient (Wildman–Crippen LogP) is 3.37. The average Bonchev–Trinajstić information content (AvgIpc) is 3.28. The number of ether oxygens (including phenoxy) is 1. The van der Waals surface area contributed by atoms with Gasteiger partial charge in [-0.25, -0.2) is 4.99 Å². The van der Waals surface area contributed by atoms with Crippen molar-refractivity contribution in [2.45, 2.75) is 19.9 Å². The number of rotatable bonds is 8. The van der Waals surface area contributed by atoms with E-state index in [2.05, 4.69) is 71.0 Å². The smallest absolute Gasteiger partial charge is 0.191 e. The largest absolute Gasteiger partial charge is 0.497 e. The topological polar surface area (TPSA) is 48.9 Å². The van der Waals surface area contributed by atoms with Crippen LogP contribution < -0.4 is 20.3 Å². The highest BCUT2D eigenvalue weighted by Crippen LogP contribution is 2.18. The lowest BCUT2D eigenvalue weighted by molar-refractivity contribution is 0.414. The van der Waals surface area contributed by atoms with Gasteiger partial charge in [0.05, 0.1) is 13.7 Å². The molecule has 0 fully saturated rings. The Bertz CT molecular complexity index is 773. The van der Waals surface area contributed by atoms with E-state index in [1.807, 2.05) is 12.1 Å². The molecule has 2 N–H and O–H groups in total. The van der Waals surface area contributed by atoms with E-state index in [1.165, 1.54) is 16.8 Å². The second-order valence-corrected chi connectivity index (χ2v) is 6.76. The Morgan fingerprint density at radius 2 is 1.64 bits per heavy atom. The standard InChI is InChI=1S/C23H30N4O/c1-3-24-23(25-15-14-19-8-12-22(28-2)13-9-19)26-18-20-6-10-21(11-7-20)27-16-4-5-17-27/h4-13H,3,14-18H2,1-2H3,(H2,24,25,26). The fraction of sp³-hybridized carbons (Fsp3) is 0.348. The summed E-state index contributed by atoms with van der Waals surface area (Å²) in [7, 11) is 1.69. The Kier molecular flexibility index (Phi) is 7.36. The maximum absolute atomic E-state index is 5.20. The van der Waals surface area contributed by atoms with E-state index >= 15 is 0 Å². The fourth-order valence-corrected chi connectivity index (χ4v) is 3.13. The highest BCUT2D eigenvalue weighted by atomic mass is 16.5. The van der Waals surface area contributed by atoms with Crippen LogP contribution >= 0.6 is 0 Å². The lowest BCUT2D eigenvalue weighted by Gasteiger charge is -2.17. The summed E-state index contributed by atoms with van der Waals surface area (Å²) in [5.74, 6) is 1.74. The van der Waals surface area contributed by atoms with Gasteiger partial charge in [0, 0.05) is 31.9 Å². The van der Waals surface area contributed by atoms with E-state index in [9.17, 15) is 0 Å². The SMILES string of the molecule is CCNC(=NCc1ccc(N2CC=CC2)cc1)NCCc1ccc(OC)cc1. The van der Waals surface area contributed by atoms with E-state index in [0.29, 0.717) is 6.54 Å². The maximum Gasteiger partial charge on any atom is 0.191 e. The Morgan fingerprint density at radius 1 is 0.964 bits per heavy atom. The van der Waals surface area contributed by atoms with Crippen LogP contribution in [0.2, 0.25) is 0 Å². The van der Waals surface area contributed by atoms with Crippen molar-refractivity contribution in [1.29, 1.82) is 0 Å². The molecule has 0 saturated heterocycles. The lowest BCUT2D eigenvalue weighted by Crippen LogP contribution is -2.38. The van der Waals surface area contributed by atoms with Crippen LogP contribution in [0.5, 0.6) is 5.75 Å². The van der Waals surface area contributed by atoms with Gasteiger partial charge >= 0.3 is 0 Å². The summed E-state index contributed by atoms with van der Waals surface area (Å²) in [6, 6.07) is 16.9. The summed E-state index contributed by atoms with van der Waals surface area (Å²) in [6.07, 6.45) is 5.35. The van der Waals surface area contributed by atoms with Crippen molar-refractivity contribution in [2.75, 3.05) is 38.2 Å². The number of hydrogen-bond donors (Lipinski definition) is 2. The zero-order valence-corrected chi connectivity index (χ0v) is 16.8. The molecule has 28 heavy (non-hydrogen) atoms. The summed E-state index contributed by atoms with van der Waals surface area (Å²) in [4.78, 5) is 7.06. The molecule has 0 bridgehead atoms. The lowest BCUT2D eigenvalue weighted by atomic mass is 10.1. The number of nitrogens with one attached hydrogen (secondary N) is 2. The summed E-state index contributed by atoms with van der Waals surface area (Å²) in [5.41, 5.74) is 3.75. The van der Waals surface area contributed by atoms with E-state index in [-0.39, 0.29) is 0 Å². The zero-order chi connectivity index (χ0) is 19.6. The van der Waals surface area contributed by atoms with Crippen LogP contribution in [0.3, 0.4) is 0 Å². The second kappa shape index (κ2) is 10.4. The molecule has 0 radical (unpaired) electrons. The van der Waals surface area contributed by atoms with E-state index < -0.39 is 0 Å². The first-order chi connectivity index (χ1) is 13.8. The van der Waals surface area contributed by atoms with Gasteiger partial charge in [0.25, 0.3) is 0 Å². The minimum atomic E-state index is 0.663. The molecular weight excluding hydrogens is 348 g/mol. The van der Waals surface area contributed by atoms with Gasteiger partial charge in [0.15, 0.2) is 5.96 Å². The molecule has 2 aromatic carbocycles. The zero-order valence-electron chi connectivity index (χ0n) is 16.8. The van der Waals surface area contributed by atoms with Gasteiger partial charge in [0.1, 0.15) is 5.75 Å². The normalized spacial score (nSPS) is 13.6. The van der Waals surface area contributed by atoms with Crippen molar-refractivity contribution in [3.8, 4) is 5.75 Å². The van der Waals surface area contributed by atoms with Crippen LogP contribution in [-0.2, 0) is 13.0 Å². The Morgan fingerprint density at radius 3 is 2.29 bits per heavy atom. The van der Waals surface area contributed by atoms with Crippen molar-refractivity contribution in [1.82, 2.24) is 10.6 Å². The second-order valence-electron chi connectivity index (χ2n) is 6.76. The molecule has 1 aliphatic rings. The fourth-order valence-electron chi connectivity index (χ4n) is 3.13. The maximum atomic E-state index is 5.20. The Balaban J connectivity index is 1.50. The Hall–Kier alpha value is -2.95.